The molecule has 0 spiro atoms. The highest BCUT2D eigenvalue weighted by Gasteiger charge is 2.34. The number of nitrogens with zero attached hydrogens (tertiary/aromatic N) is 1. The third-order valence-corrected chi connectivity index (χ3v) is 3.43. The summed E-state index contributed by atoms with van der Waals surface area (Å²) < 4.78 is 0. The zero-order valence-corrected chi connectivity index (χ0v) is 10.7. The van der Waals surface area contributed by atoms with Gasteiger partial charge in [-0.25, -0.2) is 5.06 Å². The molecule has 15 heavy (non-hydrogen) atoms. The molecule has 1 amide bonds. The first-order valence-electron chi connectivity index (χ1n) is 5.29. The molecule has 0 aromatic rings. The van der Waals surface area contributed by atoms with E-state index in [0.717, 1.165) is 24.6 Å². The second-order valence-corrected chi connectivity index (χ2v) is 4.53. The Morgan fingerprint density at radius 1 is 1.73 bits per heavy atom. The molecule has 0 aromatic heterocycles. The minimum atomic E-state index is 0.0928. The zero-order chi connectivity index (χ0) is 11.3. The molecule has 3 nitrogen and oxygen atoms in total. The standard InChI is InChI=1S/C11H18BrNO2/c1-3-9-6-7-11(14)13(15-2)10(9)5-4-8-12/h3,9-10H,1,4-8H2,2H3. The summed E-state index contributed by atoms with van der Waals surface area (Å²) in [6.45, 7) is 3.83. The van der Waals surface area contributed by atoms with Gasteiger partial charge < -0.3 is 0 Å². The predicted molar refractivity (Wildman–Crippen MR) is 63.6 cm³/mol. The monoisotopic (exact) mass is 275 g/mol. The van der Waals surface area contributed by atoms with Crippen molar-refractivity contribution in [2.24, 2.45) is 5.92 Å². The Hall–Kier alpha value is -0.350. The molecule has 0 aliphatic carbocycles. The minimum Gasteiger partial charge on any atom is -0.274 e. The van der Waals surface area contributed by atoms with Crippen molar-refractivity contribution in [2.45, 2.75) is 31.7 Å². The molecule has 0 N–H and O–H groups in total. The Labute approximate surface area is 99.5 Å². The topological polar surface area (TPSA) is 29.5 Å². The summed E-state index contributed by atoms with van der Waals surface area (Å²) in [5, 5.41) is 2.48. The van der Waals surface area contributed by atoms with Gasteiger partial charge in [-0.15, -0.1) is 6.58 Å². The quantitative estimate of drug-likeness (QED) is 0.570. The second-order valence-electron chi connectivity index (χ2n) is 3.74. The van der Waals surface area contributed by atoms with E-state index in [1.54, 1.807) is 7.11 Å². The average molecular weight is 276 g/mol. The molecule has 2 unspecified atom stereocenters. The number of piperidine rings is 1. The molecule has 1 fully saturated rings. The van der Waals surface area contributed by atoms with E-state index in [0.29, 0.717) is 12.3 Å². The predicted octanol–water partition coefficient (Wildman–Crippen LogP) is 2.52. The Morgan fingerprint density at radius 2 is 2.47 bits per heavy atom. The number of halogens is 1. The second kappa shape index (κ2) is 6.28. The van der Waals surface area contributed by atoms with E-state index in [9.17, 15) is 4.79 Å². The molecule has 4 heteroatoms. The van der Waals surface area contributed by atoms with Gasteiger partial charge >= 0.3 is 0 Å². The fourth-order valence-electron chi connectivity index (χ4n) is 2.08. The van der Waals surface area contributed by atoms with Crippen LogP contribution in [0.3, 0.4) is 0 Å². The van der Waals surface area contributed by atoms with Crippen LogP contribution < -0.4 is 0 Å². The van der Waals surface area contributed by atoms with Crippen LogP contribution in [0.4, 0.5) is 0 Å². The fourth-order valence-corrected chi connectivity index (χ4v) is 2.41. The molecule has 0 aromatic carbocycles. The van der Waals surface area contributed by atoms with E-state index < -0.39 is 0 Å². The molecule has 1 aliphatic heterocycles. The van der Waals surface area contributed by atoms with Gasteiger partial charge in [-0.1, -0.05) is 22.0 Å². The highest BCUT2D eigenvalue weighted by molar-refractivity contribution is 9.09. The highest BCUT2D eigenvalue weighted by Crippen LogP contribution is 2.28. The van der Waals surface area contributed by atoms with Crippen LogP contribution in [0.15, 0.2) is 12.7 Å². The van der Waals surface area contributed by atoms with Crippen LogP contribution in [0.25, 0.3) is 0 Å². The van der Waals surface area contributed by atoms with Crippen molar-refractivity contribution < 1.29 is 9.63 Å². The van der Waals surface area contributed by atoms with Crippen molar-refractivity contribution in [3.63, 3.8) is 0 Å². The molecule has 2 atom stereocenters. The van der Waals surface area contributed by atoms with Crippen LogP contribution in [0, 0.1) is 5.92 Å². The summed E-state index contributed by atoms with van der Waals surface area (Å²) in [5.74, 6) is 0.455. The van der Waals surface area contributed by atoms with Crippen LogP contribution in [-0.4, -0.2) is 29.5 Å². The number of hydrogen-bond acceptors (Lipinski definition) is 2. The van der Waals surface area contributed by atoms with E-state index in [4.69, 9.17) is 4.84 Å². The number of amides is 1. The summed E-state index contributed by atoms with van der Waals surface area (Å²) in [4.78, 5) is 16.8. The number of hydrogen-bond donors (Lipinski definition) is 0. The number of carbonyl (C=O) groups excluding carboxylic acids is 1. The molecule has 86 valence electrons. The maximum Gasteiger partial charge on any atom is 0.246 e. The first kappa shape index (κ1) is 12.7. The number of carbonyl (C=O) groups is 1. The normalized spacial score (nSPS) is 26.8. The van der Waals surface area contributed by atoms with Gasteiger partial charge in [-0.3, -0.25) is 9.63 Å². The Bertz CT molecular complexity index is 233. The lowest BCUT2D eigenvalue weighted by Crippen LogP contribution is -2.47. The fraction of sp³-hybridized carbons (Fsp3) is 0.727. The molecule has 0 bridgehead atoms. The smallest absolute Gasteiger partial charge is 0.246 e. The van der Waals surface area contributed by atoms with E-state index >= 15 is 0 Å². The number of alkyl halides is 1. The summed E-state index contributed by atoms with van der Waals surface area (Å²) in [6, 6.07) is 0.159. The largest absolute Gasteiger partial charge is 0.274 e. The summed E-state index contributed by atoms with van der Waals surface area (Å²) in [5.41, 5.74) is 0. The van der Waals surface area contributed by atoms with Gasteiger partial charge in [-0.2, -0.15) is 0 Å². The molecule has 1 heterocycles. The van der Waals surface area contributed by atoms with Gasteiger partial charge in [0.2, 0.25) is 5.91 Å². The molecule has 1 aliphatic rings. The van der Waals surface area contributed by atoms with E-state index in [1.807, 2.05) is 6.08 Å². The molecular formula is C11H18BrNO2. The van der Waals surface area contributed by atoms with Crippen molar-refractivity contribution in [3.8, 4) is 0 Å². The summed E-state index contributed by atoms with van der Waals surface area (Å²) >= 11 is 3.40. The van der Waals surface area contributed by atoms with Crippen molar-refractivity contribution in [2.75, 3.05) is 12.4 Å². The van der Waals surface area contributed by atoms with E-state index in [-0.39, 0.29) is 11.9 Å². The van der Waals surface area contributed by atoms with Crippen molar-refractivity contribution in [3.05, 3.63) is 12.7 Å². The molecule has 0 saturated carbocycles. The van der Waals surface area contributed by atoms with Crippen LogP contribution in [-0.2, 0) is 9.63 Å². The van der Waals surface area contributed by atoms with E-state index in [2.05, 4.69) is 22.5 Å². The Balaban J connectivity index is 2.69. The summed E-state index contributed by atoms with van der Waals surface area (Å²) in [7, 11) is 1.56. The van der Waals surface area contributed by atoms with Gasteiger partial charge in [0, 0.05) is 17.7 Å². The van der Waals surface area contributed by atoms with Gasteiger partial charge in [0.05, 0.1) is 13.2 Å². The Morgan fingerprint density at radius 3 is 3.00 bits per heavy atom. The lowest BCUT2D eigenvalue weighted by atomic mass is 9.87. The van der Waals surface area contributed by atoms with Crippen molar-refractivity contribution >= 4 is 21.8 Å². The van der Waals surface area contributed by atoms with Crippen LogP contribution in [0.5, 0.6) is 0 Å². The number of rotatable bonds is 5. The highest BCUT2D eigenvalue weighted by atomic mass is 79.9. The van der Waals surface area contributed by atoms with Crippen LogP contribution in [0.1, 0.15) is 25.7 Å². The van der Waals surface area contributed by atoms with Crippen molar-refractivity contribution in [1.82, 2.24) is 5.06 Å². The molecule has 0 radical (unpaired) electrons. The molecular weight excluding hydrogens is 258 g/mol. The lowest BCUT2D eigenvalue weighted by Gasteiger charge is -2.38. The van der Waals surface area contributed by atoms with Gasteiger partial charge in [-0.05, 0) is 19.3 Å². The molecule has 1 rings (SSSR count). The van der Waals surface area contributed by atoms with Gasteiger partial charge in [0.15, 0.2) is 0 Å². The maximum absolute atomic E-state index is 11.6. The first-order chi connectivity index (χ1) is 7.24. The van der Waals surface area contributed by atoms with Gasteiger partial charge in [0.25, 0.3) is 0 Å². The third kappa shape index (κ3) is 3.05. The van der Waals surface area contributed by atoms with Crippen LogP contribution in [0.2, 0.25) is 0 Å². The Kier molecular flexibility index (Phi) is 5.32. The summed E-state index contributed by atoms with van der Waals surface area (Å²) in [6.07, 6.45) is 5.41. The van der Waals surface area contributed by atoms with Crippen LogP contribution >= 0.6 is 15.9 Å². The first-order valence-corrected chi connectivity index (χ1v) is 6.41. The third-order valence-electron chi connectivity index (χ3n) is 2.87. The van der Waals surface area contributed by atoms with Crippen molar-refractivity contribution in [1.29, 1.82) is 0 Å². The molecule has 1 saturated heterocycles. The SMILES string of the molecule is C=CC1CCC(=O)N(OC)C1CCCBr. The zero-order valence-electron chi connectivity index (χ0n) is 9.12. The van der Waals surface area contributed by atoms with E-state index in [1.165, 1.54) is 5.06 Å². The average Bonchev–Trinajstić information content (AvgIpc) is 2.26. The minimum absolute atomic E-state index is 0.0928. The maximum atomic E-state index is 11.6. The van der Waals surface area contributed by atoms with Gasteiger partial charge in [0.1, 0.15) is 0 Å². The lowest BCUT2D eigenvalue weighted by molar-refractivity contribution is -0.200. The number of hydroxylamine groups is 2.